The summed E-state index contributed by atoms with van der Waals surface area (Å²) >= 11 is 7.46. The van der Waals surface area contributed by atoms with E-state index in [9.17, 15) is 0 Å². The highest BCUT2D eigenvalue weighted by Gasteiger charge is 1.76. The molecule has 0 spiro atoms. The SMILES string of the molecule is N#CN(Cl)Br. The van der Waals surface area contributed by atoms with Crippen molar-refractivity contribution in [1.29, 1.82) is 5.26 Å². The minimum Gasteiger partial charge on any atom is -0.171 e. The lowest BCUT2D eigenvalue weighted by atomic mass is 11.5. The van der Waals surface area contributed by atoms with E-state index in [0.717, 1.165) is 0 Å². The molecule has 0 radical (unpaired) electrons. The number of hydrogen-bond acceptors (Lipinski definition) is 2. The lowest BCUT2D eigenvalue weighted by molar-refractivity contribution is 1.07. The minimum absolute atomic E-state index is 0.715. The highest BCUT2D eigenvalue weighted by molar-refractivity contribution is 9.08. The molecule has 0 atom stereocenters. The fourth-order valence-corrected chi connectivity index (χ4v) is 0. The van der Waals surface area contributed by atoms with Crippen LogP contribution in [0.1, 0.15) is 0 Å². The third-order valence-corrected chi connectivity index (χ3v) is 0.310. The molecule has 0 saturated carbocycles. The van der Waals surface area contributed by atoms with Crippen molar-refractivity contribution in [3.63, 3.8) is 0 Å². The Bertz CT molecular complexity index is 55.2. The van der Waals surface area contributed by atoms with Crippen LogP contribution >= 0.6 is 27.9 Å². The van der Waals surface area contributed by atoms with Gasteiger partial charge in [0.15, 0.2) is 0 Å². The van der Waals surface area contributed by atoms with E-state index < -0.39 is 0 Å². The maximum atomic E-state index is 7.64. The van der Waals surface area contributed by atoms with Gasteiger partial charge in [0.05, 0.1) is 16.1 Å². The Morgan fingerprint density at radius 1 is 2.00 bits per heavy atom. The van der Waals surface area contributed by atoms with Gasteiger partial charge in [0.2, 0.25) is 6.19 Å². The van der Waals surface area contributed by atoms with Gasteiger partial charge in [-0.15, -0.1) is 0 Å². The average Bonchev–Trinajstić information content (AvgIpc) is 1.38. The van der Waals surface area contributed by atoms with Crippen molar-refractivity contribution in [3.8, 4) is 6.19 Å². The van der Waals surface area contributed by atoms with Crippen LogP contribution in [0.2, 0.25) is 0 Å². The monoisotopic (exact) mass is 154 g/mol. The molecule has 5 heavy (non-hydrogen) atoms. The van der Waals surface area contributed by atoms with Crippen LogP contribution in [-0.4, -0.2) is 3.45 Å². The van der Waals surface area contributed by atoms with Crippen molar-refractivity contribution in [3.05, 3.63) is 0 Å². The average molecular weight is 155 g/mol. The molecule has 0 fully saturated rings. The first-order valence-corrected chi connectivity index (χ1v) is 1.83. The van der Waals surface area contributed by atoms with Crippen molar-refractivity contribution in [1.82, 2.24) is 3.45 Å². The number of hydrogen-bond donors (Lipinski definition) is 0. The van der Waals surface area contributed by atoms with E-state index in [1.807, 2.05) is 0 Å². The summed E-state index contributed by atoms with van der Waals surface area (Å²) in [5.41, 5.74) is 0. The summed E-state index contributed by atoms with van der Waals surface area (Å²) in [5, 5.41) is 7.64. The standard InChI is InChI=1S/CBrClN2/c2-5(3)1-4. The van der Waals surface area contributed by atoms with Crippen molar-refractivity contribution in [2.24, 2.45) is 0 Å². The first kappa shape index (κ1) is 5.06. The van der Waals surface area contributed by atoms with Crippen molar-refractivity contribution < 1.29 is 0 Å². The Kier molecular flexibility index (Phi) is 2.33. The van der Waals surface area contributed by atoms with Gasteiger partial charge < -0.3 is 0 Å². The molecular weight excluding hydrogens is 155 g/mol. The zero-order chi connectivity index (χ0) is 4.28. The van der Waals surface area contributed by atoms with Crippen LogP contribution in [0, 0.1) is 11.5 Å². The van der Waals surface area contributed by atoms with Gasteiger partial charge in [0, 0.05) is 11.8 Å². The lowest BCUT2D eigenvalue weighted by Gasteiger charge is -1.79. The fourth-order valence-electron chi connectivity index (χ4n) is 0. The molecule has 0 aromatic heterocycles. The lowest BCUT2D eigenvalue weighted by Crippen LogP contribution is -1.75. The van der Waals surface area contributed by atoms with Gasteiger partial charge in [-0.2, -0.15) is 8.71 Å². The van der Waals surface area contributed by atoms with Gasteiger partial charge in [-0.05, 0) is 0 Å². The predicted octanol–water partition coefficient (Wildman–Crippen LogP) is 1.23. The van der Waals surface area contributed by atoms with Gasteiger partial charge >= 0.3 is 0 Å². The Labute approximate surface area is 43.4 Å². The maximum Gasteiger partial charge on any atom is 0.206 e. The van der Waals surface area contributed by atoms with Gasteiger partial charge in [-0.3, -0.25) is 0 Å². The van der Waals surface area contributed by atoms with Crippen LogP contribution < -0.4 is 0 Å². The fraction of sp³-hybridized carbons (Fsp3) is 0. The number of nitrogens with zero attached hydrogens (tertiary/aromatic N) is 2. The maximum absolute atomic E-state index is 7.64. The molecule has 0 aromatic carbocycles. The summed E-state index contributed by atoms with van der Waals surface area (Å²) in [6.45, 7) is 0. The van der Waals surface area contributed by atoms with E-state index in [1.165, 1.54) is 0 Å². The summed E-state index contributed by atoms with van der Waals surface area (Å²) in [6.07, 6.45) is 1.54. The predicted molar refractivity (Wildman–Crippen MR) is 22.2 cm³/mol. The third kappa shape index (κ3) is 4.06. The highest BCUT2D eigenvalue weighted by Crippen LogP contribution is 1.95. The topological polar surface area (TPSA) is 27.0 Å². The largest absolute Gasteiger partial charge is 0.206 e. The first-order valence-electron chi connectivity index (χ1n) is 0.785. The van der Waals surface area contributed by atoms with Crippen LogP contribution in [0.15, 0.2) is 0 Å². The summed E-state index contributed by atoms with van der Waals surface area (Å²) in [6, 6.07) is 0. The molecular formula is CBrClN2. The van der Waals surface area contributed by atoms with Gasteiger partial charge in [0.25, 0.3) is 0 Å². The van der Waals surface area contributed by atoms with Crippen LogP contribution in [0.25, 0.3) is 0 Å². The van der Waals surface area contributed by atoms with E-state index in [-0.39, 0.29) is 0 Å². The molecule has 0 saturated heterocycles. The molecule has 28 valence electrons. The van der Waals surface area contributed by atoms with E-state index in [1.54, 1.807) is 6.19 Å². The van der Waals surface area contributed by atoms with Gasteiger partial charge in [-0.25, -0.2) is 0 Å². The Morgan fingerprint density at radius 2 is 2.20 bits per heavy atom. The molecule has 0 heterocycles. The number of rotatable bonds is 0. The molecule has 0 aliphatic heterocycles. The van der Waals surface area contributed by atoms with Crippen LogP contribution in [0.4, 0.5) is 0 Å². The molecule has 4 heteroatoms. The highest BCUT2D eigenvalue weighted by atomic mass is 79.9. The summed E-state index contributed by atoms with van der Waals surface area (Å²) < 4.78 is 0.715. The van der Waals surface area contributed by atoms with Crippen molar-refractivity contribution >= 4 is 27.9 Å². The molecule has 0 rings (SSSR count). The molecule has 0 amide bonds. The second kappa shape index (κ2) is 2.31. The van der Waals surface area contributed by atoms with Gasteiger partial charge in [-0.1, -0.05) is 0 Å². The number of halogens is 2. The Morgan fingerprint density at radius 3 is 2.20 bits per heavy atom. The van der Waals surface area contributed by atoms with E-state index in [2.05, 4.69) is 16.1 Å². The van der Waals surface area contributed by atoms with Gasteiger partial charge in [0.1, 0.15) is 0 Å². The summed E-state index contributed by atoms with van der Waals surface area (Å²) in [4.78, 5) is 0. The van der Waals surface area contributed by atoms with Crippen LogP contribution in [0.5, 0.6) is 0 Å². The van der Waals surface area contributed by atoms with Crippen molar-refractivity contribution in [2.75, 3.05) is 0 Å². The number of nitriles is 1. The second-order valence-electron chi connectivity index (χ2n) is 0.333. The zero-order valence-electron chi connectivity index (χ0n) is 2.15. The smallest absolute Gasteiger partial charge is 0.171 e. The first-order chi connectivity index (χ1) is 2.27. The van der Waals surface area contributed by atoms with E-state index >= 15 is 0 Å². The second-order valence-corrected chi connectivity index (χ2v) is 1.79. The van der Waals surface area contributed by atoms with E-state index in [0.29, 0.717) is 3.45 Å². The van der Waals surface area contributed by atoms with Crippen LogP contribution in [0.3, 0.4) is 0 Å². The van der Waals surface area contributed by atoms with E-state index in [4.69, 9.17) is 17.0 Å². The Hall–Kier alpha value is 0.0600. The minimum atomic E-state index is 0.715. The molecule has 0 aliphatic carbocycles. The van der Waals surface area contributed by atoms with Crippen molar-refractivity contribution in [2.45, 2.75) is 0 Å². The molecule has 0 aromatic rings. The third-order valence-electron chi connectivity index (χ3n) is 0.0756. The molecule has 2 nitrogen and oxygen atoms in total. The normalized spacial score (nSPS) is 5.80. The summed E-state index contributed by atoms with van der Waals surface area (Å²) in [5.74, 6) is 0. The quantitative estimate of drug-likeness (QED) is 0.299. The zero-order valence-corrected chi connectivity index (χ0v) is 4.49. The molecule has 0 N–H and O–H groups in total. The van der Waals surface area contributed by atoms with Crippen LogP contribution in [-0.2, 0) is 0 Å². The molecule has 0 unspecified atom stereocenters. The summed E-state index contributed by atoms with van der Waals surface area (Å²) in [7, 11) is 0. The molecule has 0 aliphatic rings. The Balaban J connectivity index is 2.94. The molecule has 0 bridgehead atoms.